The Labute approximate surface area is 108 Å². The summed E-state index contributed by atoms with van der Waals surface area (Å²) < 4.78 is 16.2. The van der Waals surface area contributed by atoms with Crippen LogP contribution >= 0.6 is 0 Å². The Kier molecular flexibility index (Phi) is 5.95. The van der Waals surface area contributed by atoms with Crippen LogP contribution in [0.15, 0.2) is 18.2 Å². The number of hydrogen-bond acceptors (Lipinski definition) is 4. The number of aliphatic hydroxyl groups is 1. The molecule has 0 spiro atoms. The van der Waals surface area contributed by atoms with Crippen molar-refractivity contribution in [3.8, 4) is 11.5 Å². The molecule has 0 saturated heterocycles. The molecule has 0 radical (unpaired) electrons. The summed E-state index contributed by atoms with van der Waals surface area (Å²) in [5.41, 5.74) is 0.750. The average Bonchev–Trinajstić information content (AvgIpc) is 2.33. The van der Waals surface area contributed by atoms with Crippen molar-refractivity contribution < 1.29 is 19.3 Å². The Bertz CT molecular complexity index is 361. The third-order valence-corrected chi connectivity index (χ3v) is 2.46. The zero-order chi connectivity index (χ0) is 13.5. The second kappa shape index (κ2) is 7.24. The molecule has 1 aromatic carbocycles. The van der Waals surface area contributed by atoms with Crippen LogP contribution in [0, 0.1) is 0 Å². The van der Waals surface area contributed by atoms with Gasteiger partial charge < -0.3 is 19.3 Å². The molecule has 0 bridgehead atoms. The van der Waals surface area contributed by atoms with Crippen LogP contribution in [0.4, 0.5) is 0 Å². The van der Waals surface area contributed by atoms with Gasteiger partial charge in [0, 0.05) is 11.6 Å². The molecule has 1 N–H and O–H groups in total. The van der Waals surface area contributed by atoms with Crippen LogP contribution in [0.1, 0.15) is 32.4 Å². The highest BCUT2D eigenvalue weighted by atomic mass is 16.5. The predicted octanol–water partition coefficient (Wildman–Crippen LogP) is 2.55. The summed E-state index contributed by atoms with van der Waals surface area (Å²) in [6.07, 6.45) is -0.382. The molecule has 0 aromatic heterocycles. The fourth-order valence-electron chi connectivity index (χ4n) is 1.55. The standard InChI is InChI=1S/C14H22O4/c1-10(2)17-7-8-18-14-9-12(16-4)5-6-13(14)11(3)15/h5-6,9-11,15H,7-8H2,1-4H3/t11-/m0/s1. The maximum atomic E-state index is 9.66. The van der Waals surface area contributed by atoms with Crippen LogP contribution in [-0.2, 0) is 4.74 Å². The van der Waals surface area contributed by atoms with Gasteiger partial charge in [-0.2, -0.15) is 0 Å². The number of methoxy groups -OCH3 is 1. The minimum Gasteiger partial charge on any atom is -0.497 e. The van der Waals surface area contributed by atoms with Gasteiger partial charge in [0.25, 0.3) is 0 Å². The molecule has 0 saturated carbocycles. The molecule has 0 aliphatic heterocycles. The summed E-state index contributed by atoms with van der Waals surface area (Å²) in [5, 5.41) is 9.66. The third-order valence-electron chi connectivity index (χ3n) is 2.46. The summed E-state index contributed by atoms with van der Waals surface area (Å²) in [4.78, 5) is 0. The number of aliphatic hydroxyl groups excluding tert-OH is 1. The maximum Gasteiger partial charge on any atom is 0.128 e. The average molecular weight is 254 g/mol. The van der Waals surface area contributed by atoms with Crippen LogP contribution in [0.5, 0.6) is 11.5 Å². The highest BCUT2D eigenvalue weighted by Gasteiger charge is 2.10. The molecule has 102 valence electrons. The van der Waals surface area contributed by atoms with E-state index in [1.807, 2.05) is 19.9 Å². The van der Waals surface area contributed by atoms with Crippen molar-refractivity contribution in [3.05, 3.63) is 23.8 Å². The second-order valence-electron chi connectivity index (χ2n) is 4.35. The van der Waals surface area contributed by atoms with Gasteiger partial charge in [-0.3, -0.25) is 0 Å². The Morgan fingerprint density at radius 2 is 1.89 bits per heavy atom. The van der Waals surface area contributed by atoms with Crippen molar-refractivity contribution in [2.75, 3.05) is 20.3 Å². The molecule has 4 nitrogen and oxygen atoms in total. The quantitative estimate of drug-likeness (QED) is 0.760. The van der Waals surface area contributed by atoms with Gasteiger partial charge in [0.1, 0.15) is 18.1 Å². The third kappa shape index (κ3) is 4.55. The van der Waals surface area contributed by atoms with Crippen LogP contribution < -0.4 is 9.47 Å². The van der Waals surface area contributed by atoms with E-state index in [0.717, 1.165) is 5.56 Å². The summed E-state index contributed by atoms with van der Waals surface area (Å²) in [6, 6.07) is 5.39. The monoisotopic (exact) mass is 254 g/mol. The SMILES string of the molecule is COc1ccc([C@H](C)O)c(OCCOC(C)C)c1. The highest BCUT2D eigenvalue weighted by molar-refractivity contribution is 5.41. The van der Waals surface area contributed by atoms with Gasteiger partial charge in [-0.15, -0.1) is 0 Å². The topological polar surface area (TPSA) is 47.9 Å². The molecular formula is C14H22O4. The molecular weight excluding hydrogens is 232 g/mol. The van der Waals surface area contributed by atoms with Crippen LogP contribution in [0.2, 0.25) is 0 Å². The summed E-state index contributed by atoms with van der Waals surface area (Å²) >= 11 is 0. The van der Waals surface area contributed by atoms with E-state index in [1.54, 1.807) is 26.2 Å². The molecule has 4 heteroatoms. The smallest absolute Gasteiger partial charge is 0.128 e. The molecule has 1 aromatic rings. The Morgan fingerprint density at radius 1 is 1.17 bits per heavy atom. The lowest BCUT2D eigenvalue weighted by Crippen LogP contribution is -2.12. The van der Waals surface area contributed by atoms with Gasteiger partial charge in [-0.05, 0) is 32.9 Å². The first kappa shape index (κ1) is 14.8. The Morgan fingerprint density at radius 3 is 2.44 bits per heavy atom. The lowest BCUT2D eigenvalue weighted by Gasteiger charge is -2.15. The van der Waals surface area contributed by atoms with Crippen molar-refractivity contribution in [1.29, 1.82) is 0 Å². The fraction of sp³-hybridized carbons (Fsp3) is 0.571. The van der Waals surface area contributed by atoms with Gasteiger partial charge in [-0.25, -0.2) is 0 Å². The fourth-order valence-corrected chi connectivity index (χ4v) is 1.55. The van der Waals surface area contributed by atoms with E-state index in [9.17, 15) is 5.11 Å². The highest BCUT2D eigenvalue weighted by Crippen LogP contribution is 2.29. The second-order valence-corrected chi connectivity index (χ2v) is 4.35. The predicted molar refractivity (Wildman–Crippen MR) is 70.2 cm³/mol. The molecule has 1 atom stereocenters. The van der Waals surface area contributed by atoms with Crippen LogP contribution in [-0.4, -0.2) is 31.5 Å². The molecule has 18 heavy (non-hydrogen) atoms. The minimum absolute atomic E-state index is 0.190. The van der Waals surface area contributed by atoms with Gasteiger partial charge in [-0.1, -0.05) is 0 Å². The number of benzene rings is 1. The largest absolute Gasteiger partial charge is 0.497 e. The molecule has 0 aliphatic rings. The molecule has 0 aliphatic carbocycles. The molecule has 1 rings (SSSR count). The zero-order valence-electron chi connectivity index (χ0n) is 11.5. The first-order valence-electron chi connectivity index (χ1n) is 6.15. The van der Waals surface area contributed by atoms with E-state index in [2.05, 4.69) is 0 Å². The van der Waals surface area contributed by atoms with E-state index in [1.165, 1.54) is 0 Å². The Balaban J connectivity index is 2.66. The first-order chi connectivity index (χ1) is 8.54. The number of rotatable bonds is 7. The first-order valence-corrected chi connectivity index (χ1v) is 6.15. The van der Waals surface area contributed by atoms with Crippen LogP contribution in [0.3, 0.4) is 0 Å². The van der Waals surface area contributed by atoms with Crippen molar-refractivity contribution in [2.24, 2.45) is 0 Å². The minimum atomic E-state index is -0.572. The molecule has 0 fully saturated rings. The molecule has 0 unspecified atom stereocenters. The molecule has 0 amide bonds. The summed E-state index contributed by atoms with van der Waals surface area (Å²) in [6.45, 7) is 6.64. The number of hydrogen-bond donors (Lipinski definition) is 1. The zero-order valence-corrected chi connectivity index (χ0v) is 11.5. The van der Waals surface area contributed by atoms with Crippen molar-refractivity contribution >= 4 is 0 Å². The molecule has 0 heterocycles. The maximum absolute atomic E-state index is 9.66. The lowest BCUT2D eigenvalue weighted by molar-refractivity contribution is 0.0543. The van der Waals surface area contributed by atoms with E-state index in [-0.39, 0.29) is 6.10 Å². The van der Waals surface area contributed by atoms with Gasteiger partial charge in [0.05, 0.1) is 25.9 Å². The normalized spacial score (nSPS) is 12.6. The van der Waals surface area contributed by atoms with Gasteiger partial charge >= 0.3 is 0 Å². The number of ether oxygens (including phenoxy) is 3. The summed E-state index contributed by atoms with van der Waals surface area (Å²) in [7, 11) is 1.60. The van der Waals surface area contributed by atoms with Crippen molar-refractivity contribution in [2.45, 2.75) is 33.0 Å². The summed E-state index contributed by atoms with van der Waals surface area (Å²) in [5.74, 6) is 1.34. The van der Waals surface area contributed by atoms with E-state index < -0.39 is 6.10 Å². The Hall–Kier alpha value is -1.26. The van der Waals surface area contributed by atoms with Crippen molar-refractivity contribution in [3.63, 3.8) is 0 Å². The van der Waals surface area contributed by atoms with E-state index in [4.69, 9.17) is 14.2 Å². The lowest BCUT2D eigenvalue weighted by atomic mass is 10.1. The van der Waals surface area contributed by atoms with Gasteiger partial charge in [0.15, 0.2) is 0 Å². The van der Waals surface area contributed by atoms with Gasteiger partial charge in [0.2, 0.25) is 0 Å². The van der Waals surface area contributed by atoms with E-state index in [0.29, 0.717) is 24.7 Å². The van der Waals surface area contributed by atoms with Crippen molar-refractivity contribution in [1.82, 2.24) is 0 Å². The van der Waals surface area contributed by atoms with E-state index >= 15 is 0 Å². The van der Waals surface area contributed by atoms with Crippen LogP contribution in [0.25, 0.3) is 0 Å².